The molecule has 3 N–H and O–H groups in total. The number of nitrogens with two attached hydrogens (primary N) is 1. The lowest BCUT2D eigenvalue weighted by Gasteiger charge is -2.09. The molecule has 0 saturated carbocycles. The number of primary amides is 1. The van der Waals surface area contributed by atoms with Gasteiger partial charge in [0.15, 0.2) is 11.6 Å². The molecule has 2 rings (SSSR count). The molecular weight excluding hydrogens is 249 g/mol. The van der Waals surface area contributed by atoms with Gasteiger partial charge in [0.05, 0.1) is 12.7 Å². The van der Waals surface area contributed by atoms with E-state index in [2.05, 4.69) is 0 Å². The normalized spacial score (nSPS) is 10.2. The van der Waals surface area contributed by atoms with Gasteiger partial charge in [-0.05, 0) is 23.8 Å². The molecule has 19 heavy (non-hydrogen) atoms. The summed E-state index contributed by atoms with van der Waals surface area (Å²) in [7, 11) is 1.37. The molecule has 2 aromatic rings. The van der Waals surface area contributed by atoms with Gasteiger partial charge in [-0.15, -0.1) is 0 Å². The van der Waals surface area contributed by atoms with Crippen LogP contribution < -0.4 is 10.5 Å². The van der Waals surface area contributed by atoms with E-state index in [1.54, 1.807) is 12.1 Å². The molecule has 98 valence electrons. The van der Waals surface area contributed by atoms with Crippen LogP contribution in [0.15, 0.2) is 36.4 Å². The standard InChI is InChI=1S/C14H12FNO3/c1-19-12-4-2-3-9(13(12)15)8-5-6-11(17)10(7-8)14(16)18/h2-7,17H,1H3,(H2,16,18). The number of hydrogen-bond acceptors (Lipinski definition) is 3. The van der Waals surface area contributed by atoms with Gasteiger partial charge in [-0.1, -0.05) is 18.2 Å². The van der Waals surface area contributed by atoms with Gasteiger partial charge in [-0.3, -0.25) is 4.79 Å². The van der Waals surface area contributed by atoms with Crippen LogP contribution in [0, 0.1) is 5.82 Å². The molecule has 0 aliphatic carbocycles. The zero-order chi connectivity index (χ0) is 14.0. The van der Waals surface area contributed by atoms with Crippen LogP contribution in [-0.2, 0) is 0 Å². The number of methoxy groups -OCH3 is 1. The summed E-state index contributed by atoms with van der Waals surface area (Å²) < 4.78 is 19.0. The molecule has 0 aliphatic rings. The maximum absolute atomic E-state index is 14.1. The number of halogens is 1. The van der Waals surface area contributed by atoms with Crippen molar-refractivity contribution in [2.75, 3.05) is 7.11 Å². The van der Waals surface area contributed by atoms with E-state index in [1.165, 1.54) is 31.4 Å². The van der Waals surface area contributed by atoms with Crippen LogP contribution in [0.3, 0.4) is 0 Å². The molecular formula is C14H12FNO3. The molecule has 0 bridgehead atoms. The van der Waals surface area contributed by atoms with Crippen LogP contribution in [-0.4, -0.2) is 18.1 Å². The highest BCUT2D eigenvalue weighted by Crippen LogP contribution is 2.31. The second kappa shape index (κ2) is 4.97. The van der Waals surface area contributed by atoms with Crippen molar-refractivity contribution in [3.05, 3.63) is 47.8 Å². The molecule has 0 aromatic heterocycles. The predicted molar refractivity (Wildman–Crippen MR) is 68.6 cm³/mol. The van der Waals surface area contributed by atoms with Gasteiger partial charge in [0, 0.05) is 5.56 Å². The second-order valence-electron chi connectivity index (χ2n) is 3.92. The monoisotopic (exact) mass is 261 g/mol. The molecule has 0 saturated heterocycles. The van der Waals surface area contributed by atoms with Gasteiger partial charge in [-0.25, -0.2) is 4.39 Å². The Morgan fingerprint density at radius 1 is 1.32 bits per heavy atom. The summed E-state index contributed by atoms with van der Waals surface area (Å²) in [4.78, 5) is 11.2. The van der Waals surface area contributed by atoms with Crippen molar-refractivity contribution < 1.29 is 19.0 Å². The highest BCUT2D eigenvalue weighted by atomic mass is 19.1. The van der Waals surface area contributed by atoms with Crippen molar-refractivity contribution in [3.8, 4) is 22.6 Å². The van der Waals surface area contributed by atoms with Crippen LogP contribution in [0.4, 0.5) is 4.39 Å². The van der Waals surface area contributed by atoms with Crippen LogP contribution in [0.1, 0.15) is 10.4 Å². The first-order chi connectivity index (χ1) is 9.04. The van der Waals surface area contributed by atoms with E-state index in [0.717, 1.165) is 0 Å². The van der Waals surface area contributed by atoms with Gasteiger partial charge in [0.25, 0.3) is 5.91 Å². The molecule has 0 aliphatic heterocycles. The van der Waals surface area contributed by atoms with E-state index in [1.807, 2.05) is 0 Å². The molecule has 2 aromatic carbocycles. The molecule has 0 spiro atoms. The van der Waals surface area contributed by atoms with E-state index in [4.69, 9.17) is 10.5 Å². The summed E-state index contributed by atoms with van der Waals surface area (Å²) in [6.07, 6.45) is 0. The minimum absolute atomic E-state index is 0.0558. The number of carbonyl (C=O) groups excluding carboxylic acids is 1. The fraction of sp³-hybridized carbons (Fsp3) is 0.0714. The first-order valence-corrected chi connectivity index (χ1v) is 5.50. The minimum atomic E-state index is -0.775. The number of carbonyl (C=O) groups is 1. The molecule has 5 heteroatoms. The Kier molecular flexibility index (Phi) is 3.37. The fourth-order valence-corrected chi connectivity index (χ4v) is 1.79. The van der Waals surface area contributed by atoms with Gasteiger partial charge in [0.1, 0.15) is 5.75 Å². The van der Waals surface area contributed by atoms with Crippen molar-refractivity contribution in [1.82, 2.24) is 0 Å². The molecule has 0 radical (unpaired) electrons. The number of hydrogen-bond donors (Lipinski definition) is 2. The largest absolute Gasteiger partial charge is 0.507 e. The molecule has 0 fully saturated rings. The average molecular weight is 261 g/mol. The lowest BCUT2D eigenvalue weighted by atomic mass is 10.0. The number of benzene rings is 2. The third kappa shape index (κ3) is 2.35. The molecule has 1 amide bonds. The van der Waals surface area contributed by atoms with E-state index >= 15 is 0 Å². The van der Waals surface area contributed by atoms with Crippen molar-refractivity contribution in [1.29, 1.82) is 0 Å². The number of amides is 1. The van der Waals surface area contributed by atoms with E-state index < -0.39 is 11.7 Å². The summed E-state index contributed by atoms with van der Waals surface area (Å²) in [5.74, 6) is -1.44. The number of ether oxygens (including phenoxy) is 1. The Morgan fingerprint density at radius 3 is 2.68 bits per heavy atom. The van der Waals surface area contributed by atoms with Gasteiger partial charge in [0.2, 0.25) is 0 Å². The summed E-state index contributed by atoms with van der Waals surface area (Å²) >= 11 is 0. The maximum Gasteiger partial charge on any atom is 0.252 e. The van der Waals surface area contributed by atoms with Gasteiger partial charge in [-0.2, -0.15) is 0 Å². The third-order valence-electron chi connectivity index (χ3n) is 2.76. The number of rotatable bonds is 3. The quantitative estimate of drug-likeness (QED) is 0.890. The zero-order valence-corrected chi connectivity index (χ0v) is 10.2. The summed E-state index contributed by atoms with van der Waals surface area (Å²) in [5, 5.41) is 9.50. The van der Waals surface area contributed by atoms with E-state index in [0.29, 0.717) is 5.56 Å². The van der Waals surface area contributed by atoms with Crippen molar-refractivity contribution >= 4 is 5.91 Å². The zero-order valence-electron chi connectivity index (χ0n) is 10.2. The summed E-state index contributed by atoms with van der Waals surface area (Å²) in [6, 6.07) is 8.82. The van der Waals surface area contributed by atoms with Crippen LogP contribution in [0.5, 0.6) is 11.5 Å². The summed E-state index contributed by atoms with van der Waals surface area (Å²) in [6.45, 7) is 0. The van der Waals surface area contributed by atoms with Gasteiger partial charge >= 0.3 is 0 Å². The highest BCUT2D eigenvalue weighted by molar-refractivity contribution is 5.96. The number of aromatic hydroxyl groups is 1. The highest BCUT2D eigenvalue weighted by Gasteiger charge is 2.14. The average Bonchev–Trinajstić information content (AvgIpc) is 2.39. The topological polar surface area (TPSA) is 72.6 Å². The van der Waals surface area contributed by atoms with Crippen LogP contribution >= 0.6 is 0 Å². The Morgan fingerprint density at radius 2 is 2.05 bits per heavy atom. The molecule has 0 unspecified atom stereocenters. The lowest BCUT2D eigenvalue weighted by Crippen LogP contribution is -2.11. The smallest absolute Gasteiger partial charge is 0.252 e. The minimum Gasteiger partial charge on any atom is -0.507 e. The first kappa shape index (κ1) is 12.9. The Bertz CT molecular complexity index is 641. The third-order valence-corrected chi connectivity index (χ3v) is 2.76. The predicted octanol–water partition coefficient (Wildman–Crippen LogP) is 2.31. The molecule has 0 heterocycles. The Hall–Kier alpha value is -2.56. The van der Waals surface area contributed by atoms with E-state index in [9.17, 15) is 14.3 Å². The van der Waals surface area contributed by atoms with Crippen molar-refractivity contribution in [2.24, 2.45) is 5.73 Å². The fourth-order valence-electron chi connectivity index (χ4n) is 1.79. The van der Waals surface area contributed by atoms with Crippen LogP contribution in [0.25, 0.3) is 11.1 Å². The van der Waals surface area contributed by atoms with Crippen LogP contribution in [0.2, 0.25) is 0 Å². The van der Waals surface area contributed by atoms with Crippen molar-refractivity contribution in [3.63, 3.8) is 0 Å². The van der Waals surface area contributed by atoms with Crippen molar-refractivity contribution in [2.45, 2.75) is 0 Å². The van der Waals surface area contributed by atoms with E-state index in [-0.39, 0.29) is 22.6 Å². The number of phenols is 1. The van der Waals surface area contributed by atoms with Gasteiger partial charge < -0.3 is 15.6 Å². The molecule has 0 atom stereocenters. The Balaban J connectivity index is 2.60. The SMILES string of the molecule is COc1cccc(-c2ccc(O)c(C(N)=O)c2)c1F. The summed E-state index contributed by atoms with van der Waals surface area (Å²) in [5.41, 5.74) is 5.78. The lowest BCUT2D eigenvalue weighted by molar-refractivity contribution is 0.0998. The maximum atomic E-state index is 14.1. The first-order valence-electron chi connectivity index (χ1n) is 5.50. The molecule has 4 nitrogen and oxygen atoms in total. The Labute approximate surface area is 109 Å². The second-order valence-corrected chi connectivity index (χ2v) is 3.92.